The summed E-state index contributed by atoms with van der Waals surface area (Å²) < 4.78 is 10.1. The number of hydrogen-bond acceptors (Lipinski definition) is 5. The van der Waals surface area contributed by atoms with E-state index < -0.39 is 0 Å². The molecule has 0 radical (unpaired) electrons. The highest BCUT2D eigenvalue weighted by Gasteiger charge is 2.08. The Morgan fingerprint density at radius 3 is 2.36 bits per heavy atom. The molecule has 6 nitrogen and oxygen atoms in total. The summed E-state index contributed by atoms with van der Waals surface area (Å²) in [4.78, 5) is 12.3. The quantitative estimate of drug-likeness (QED) is 0.773. The third-order valence-corrected chi connectivity index (χ3v) is 3.62. The molecular formula is C19H17N3O3. The number of hydrogen-bond donors (Lipinski definition) is 1. The van der Waals surface area contributed by atoms with Crippen LogP contribution in [0.1, 0.15) is 10.4 Å². The summed E-state index contributed by atoms with van der Waals surface area (Å²) in [6.45, 7) is 0. The predicted molar refractivity (Wildman–Crippen MR) is 95.0 cm³/mol. The number of nitrogens with zero attached hydrogens (tertiary/aromatic N) is 2. The minimum atomic E-state index is -0.194. The number of methoxy groups -OCH3 is 2. The molecule has 0 bridgehead atoms. The summed E-state index contributed by atoms with van der Waals surface area (Å²) in [6, 6.07) is 17.9. The van der Waals surface area contributed by atoms with Crippen LogP contribution in [0.15, 0.2) is 60.7 Å². The molecule has 0 saturated heterocycles. The first-order valence-corrected chi connectivity index (χ1v) is 7.63. The highest BCUT2D eigenvalue weighted by Crippen LogP contribution is 2.22. The van der Waals surface area contributed by atoms with Crippen molar-refractivity contribution >= 4 is 11.6 Å². The van der Waals surface area contributed by atoms with Crippen molar-refractivity contribution in [2.24, 2.45) is 0 Å². The Kier molecular flexibility index (Phi) is 4.89. The minimum Gasteiger partial charge on any atom is -0.497 e. The van der Waals surface area contributed by atoms with Gasteiger partial charge in [-0.15, -0.1) is 10.2 Å². The van der Waals surface area contributed by atoms with Gasteiger partial charge in [0.1, 0.15) is 5.75 Å². The van der Waals surface area contributed by atoms with Crippen LogP contribution in [0.5, 0.6) is 11.6 Å². The Bertz CT molecular complexity index is 862. The van der Waals surface area contributed by atoms with E-state index in [0.717, 1.165) is 5.56 Å². The van der Waals surface area contributed by atoms with E-state index in [9.17, 15) is 4.79 Å². The van der Waals surface area contributed by atoms with Crippen LogP contribution in [-0.4, -0.2) is 30.3 Å². The second-order valence-electron chi connectivity index (χ2n) is 5.22. The Morgan fingerprint density at radius 1 is 0.920 bits per heavy atom. The average molecular weight is 335 g/mol. The molecule has 1 amide bonds. The van der Waals surface area contributed by atoms with Crippen molar-refractivity contribution in [3.05, 3.63) is 66.2 Å². The molecule has 0 unspecified atom stereocenters. The number of carbonyl (C=O) groups is 1. The topological polar surface area (TPSA) is 73.3 Å². The second kappa shape index (κ2) is 7.44. The first kappa shape index (κ1) is 16.4. The van der Waals surface area contributed by atoms with Crippen LogP contribution in [0.25, 0.3) is 11.3 Å². The molecule has 2 aromatic carbocycles. The monoisotopic (exact) mass is 335 g/mol. The van der Waals surface area contributed by atoms with Gasteiger partial charge in [-0.25, -0.2) is 0 Å². The van der Waals surface area contributed by atoms with Gasteiger partial charge in [0.2, 0.25) is 5.88 Å². The molecule has 3 aromatic rings. The van der Waals surface area contributed by atoms with Gasteiger partial charge in [-0.3, -0.25) is 4.79 Å². The number of amides is 1. The molecule has 6 heteroatoms. The van der Waals surface area contributed by atoms with Gasteiger partial charge >= 0.3 is 0 Å². The zero-order valence-electron chi connectivity index (χ0n) is 13.9. The predicted octanol–water partition coefficient (Wildman–Crippen LogP) is 3.41. The second-order valence-corrected chi connectivity index (χ2v) is 5.22. The summed E-state index contributed by atoms with van der Waals surface area (Å²) in [6.07, 6.45) is 0. The maximum Gasteiger partial charge on any atom is 0.255 e. The van der Waals surface area contributed by atoms with Gasteiger partial charge in [0.15, 0.2) is 0 Å². The highest BCUT2D eigenvalue weighted by molar-refractivity contribution is 6.04. The first-order chi connectivity index (χ1) is 12.2. The van der Waals surface area contributed by atoms with Gasteiger partial charge in [-0.2, -0.15) is 0 Å². The number of ether oxygens (including phenoxy) is 2. The van der Waals surface area contributed by atoms with Gasteiger partial charge < -0.3 is 14.8 Å². The van der Waals surface area contributed by atoms with E-state index in [1.165, 1.54) is 0 Å². The zero-order chi connectivity index (χ0) is 17.6. The molecule has 0 atom stereocenters. The van der Waals surface area contributed by atoms with E-state index in [0.29, 0.717) is 28.6 Å². The van der Waals surface area contributed by atoms with Gasteiger partial charge in [-0.05, 0) is 42.5 Å². The molecular weight excluding hydrogens is 318 g/mol. The number of benzene rings is 2. The van der Waals surface area contributed by atoms with Crippen molar-refractivity contribution in [2.75, 3.05) is 19.5 Å². The number of anilines is 1. The molecule has 0 aliphatic rings. The zero-order valence-corrected chi connectivity index (χ0v) is 13.9. The van der Waals surface area contributed by atoms with Crippen molar-refractivity contribution in [2.45, 2.75) is 0 Å². The van der Waals surface area contributed by atoms with Crippen molar-refractivity contribution < 1.29 is 14.3 Å². The summed E-state index contributed by atoms with van der Waals surface area (Å²) in [7, 11) is 3.13. The van der Waals surface area contributed by atoms with Gasteiger partial charge in [-0.1, -0.05) is 12.1 Å². The molecule has 126 valence electrons. The molecule has 1 aromatic heterocycles. The lowest BCUT2D eigenvalue weighted by atomic mass is 10.1. The lowest BCUT2D eigenvalue weighted by molar-refractivity contribution is 0.102. The summed E-state index contributed by atoms with van der Waals surface area (Å²) in [5.41, 5.74) is 2.77. The van der Waals surface area contributed by atoms with E-state index in [4.69, 9.17) is 9.47 Å². The van der Waals surface area contributed by atoms with Crippen molar-refractivity contribution in [1.29, 1.82) is 0 Å². The van der Waals surface area contributed by atoms with Crippen LogP contribution >= 0.6 is 0 Å². The fourth-order valence-electron chi connectivity index (χ4n) is 2.28. The van der Waals surface area contributed by atoms with Crippen LogP contribution in [0.3, 0.4) is 0 Å². The van der Waals surface area contributed by atoms with Crippen molar-refractivity contribution in [1.82, 2.24) is 10.2 Å². The minimum absolute atomic E-state index is 0.194. The number of aromatic nitrogens is 2. The van der Waals surface area contributed by atoms with Crippen LogP contribution < -0.4 is 14.8 Å². The van der Waals surface area contributed by atoms with Gasteiger partial charge in [0.25, 0.3) is 5.91 Å². The molecule has 0 saturated carbocycles. The fourth-order valence-corrected chi connectivity index (χ4v) is 2.28. The van der Waals surface area contributed by atoms with E-state index in [1.54, 1.807) is 44.6 Å². The SMILES string of the molecule is COc1ccc(C(=O)Nc2cccc(-c3ccc(OC)nn3)c2)cc1. The standard InChI is InChI=1S/C19H17N3O3/c1-24-16-8-6-13(7-9-16)19(23)20-15-5-3-4-14(12-15)17-10-11-18(25-2)22-21-17/h3-12H,1-2H3,(H,20,23). The molecule has 0 aliphatic carbocycles. The number of rotatable bonds is 5. The maximum atomic E-state index is 12.3. The molecule has 0 spiro atoms. The summed E-state index contributed by atoms with van der Waals surface area (Å²) >= 11 is 0. The Balaban J connectivity index is 1.77. The van der Waals surface area contributed by atoms with E-state index in [1.807, 2.05) is 30.3 Å². The van der Waals surface area contributed by atoms with E-state index in [2.05, 4.69) is 15.5 Å². The molecule has 3 rings (SSSR count). The number of nitrogens with one attached hydrogen (secondary N) is 1. The first-order valence-electron chi connectivity index (χ1n) is 7.63. The molecule has 25 heavy (non-hydrogen) atoms. The molecule has 1 heterocycles. The lowest BCUT2D eigenvalue weighted by Gasteiger charge is -2.08. The van der Waals surface area contributed by atoms with Crippen LogP contribution in [0, 0.1) is 0 Å². The molecule has 1 N–H and O–H groups in total. The smallest absolute Gasteiger partial charge is 0.255 e. The lowest BCUT2D eigenvalue weighted by Crippen LogP contribution is -2.11. The van der Waals surface area contributed by atoms with Crippen molar-refractivity contribution in [3.8, 4) is 22.9 Å². The third-order valence-electron chi connectivity index (χ3n) is 3.62. The third kappa shape index (κ3) is 3.92. The van der Waals surface area contributed by atoms with Gasteiger partial charge in [0.05, 0.1) is 19.9 Å². The Labute approximate surface area is 145 Å². The molecule has 0 fully saturated rings. The Hall–Kier alpha value is -3.41. The summed E-state index contributed by atoms with van der Waals surface area (Å²) in [5, 5.41) is 10.9. The van der Waals surface area contributed by atoms with E-state index >= 15 is 0 Å². The maximum absolute atomic E-state index is 12.3. The summed E-state index contributed by atoms with van der Waals surface area (Å²) in [5.74, 6) is 0.963. The largest absolute Gasteiger partial charge is 0.497 e. The van der Waals surface area contributed by atoms with Gasteiger partial charge in [0, 0.05) is 22.9 Å². The normalized spacial score (nSPS) is 10.2. The average Bonchev–Trinajstić information content (AvgIpc) is 2.68. The number of carbonyl (C=O) groups excluding carboxylic acids is 1. The van der Waals surface area contributed by atoms with Crippen LogP contribution in [0.2, 0.25) is 0 Å². The fraction of sp³-hybridized carbons (Fsp3) is 0.105. The molecule has 0 aliphatic heterocycles. The van der Waals surface area contributed by atoms with Crippen LogP contribution in [-0.2, 0) is 0 Å². The highest BCUT2D eigenvalue weighted by atomic mass is 16.5. The van der Waals surface area contributed by atoms with Crippen molar-refractivity contribution in [3.63, 3.8) is 0 Å². The Morgan fingerprint density at radius 2 is 1.72 bits per heavy atom. The van der Waals surface area contributed by atoms with E-state index in [-0.39, 0.29) is 5.91 Å². The van der Waals surface area contributed by atoms with Crippen LogP contribution in [0.4, 0.5) is 5.69 Å².